The van der Waals surface area contributed by atoms with E-state index in [1.165, 1.54) is 64.2 Å². The summed E-state index contributed by atoms with van der Waals surface area (Å²) in [5.41, 5.74) is 1.07. The molecule has 1 aromatic carbocycles. The van der Waals surface area contributed by atoms with Crippen LogP contribution >= 0.6 is 7.82 Å². The van der Waals surface area contributed by atoms with Gasteiger partial charge in [0.05, 0.1) is 34.4 Å². The summed E-state index contributed by atoms with van der Waals surface area (Å²) >= 11 is 0. The molecule has 0 radical (unpaired) electrons. The minimum Gasteiger partial charge on any atom is -0.494 e. The van der Waals surface area contributed by atoms with Crippen molar-refractivity contribution in [1.82, 2.24) is 0 Å². The summed E-state index contributed by atoms with van der Waals surface area (Å²) in [4.78, 5) is 35.4. The van der Waals surface area contributed by atoms with Gasteiger partial charge in [0.2, 0.25) is 6.17 Å². The number of hydrogen-bond donors (Lipinski definition) is 1. The lowest BCUT2D eigenvalue weighted by Crippen LogP contribution is -2.37. The van der Waals surface area contributed by atoms with Gasteiger partial charge in [0, 0.05) is 18.4 Å². The predicted octanol–water partition coefficient (Wildman–Crippen LogP) is 10.8. The first kappa shape index (κ1) is 48.8. The number of quaternary nitrogens is 1. The van der Waals surface area contributed by atoms with Gasteiger partial charge in [0.25, 0.3) is 0 Å². The van der Waals surface area contributed by atoms with Crippen LogP contribution in [0.3, 0.4) is 0 Å². The minimum atomic E-state index is -4.39. The van der Waals surface area contributed by atoms with Gasteiger partial charge in [-0.25, -0.2) is 4.57 Å². The Kier molecular flexibility index (Phi) is 26.4. The summed E-state index contributed by atoms with van der Waals surface area (Å²) in [6.45, 7) is 2.80. The van der Waals surface area contributed by atoms with Gasteiger partial charge in [-0.1, -0.05) is 135 Å². The largest absolute Gasteiger partial charge is 0.494 e. The summed E-state index contributed by atoms with van der Waals surface area (Å²) in [6, 6.07) is 7.95. The van der Waals surface area contributed by atoms with Crippen LogP contribution in [0.2, 0.25) is 0 Å². The molecular formula is C42H75N3O9P+. The summed E-state index contributed by atoms with van der Waals surface area (Å²) in [5.74, 6) is 0.0307. The van der Waals surface area contributed by atoms with Gasteiger partial charge in [-0.15, -0.1) is 0 Å². The van der Waals surface area contributed by atoms with E-state index in [-0.39, 0.29) is 38.2 Å². The van der Waals surface area contributed by atoms with Crippen LogP contribution in [-0.2, 0) is 32.7 Å². The van der Waals surface area contributed by atoms with Crippen molar-refractivity contribution in [3.05, 3.63) is 29.8 Å². The van der Waals surface area contributed by atoms with Crippen LogP contribution in [0.5, 0.6) is 5.75 Å². The fourth-order valence-corrected chi connectivity index (χ4v) is 6.85. The highest BCUT2D eigenvalue weighted by Gasteiger charge is 2.27. The highest BCUT2D eigenvalue weighted by Crippen LogP contribution is 2.43. The van der Waals surface area contributed by atoms with E-state index >= 15 is 0 Å². The predicted molar refractivity (Wildman–Crippen MR) is 217 cm³/mol. The van der Waals surface area contributed by atoms with Crippen LogP contribution in [0.1, 0.15) is 166 Å². The molecule has 0 saturated carbocycles. The average Bonchev–Trinajstić information content (AvgIpc) is 3.99. The molecule has 0 aliphatic carbocycles. The molecule has 1 aromatic rings. The van der Waals surface area contributed by atoms with Gasteiger partial charge in [-0.3, -0.25) is 18.6 Å². The van der Waals surface area contributed by atoms with Gasteiger partial charge in [-0.2, -0.15) is 10.2 Å². The van der Waals surface area contributed by atoms with Crippen LogP contribution in [-0.4, -0.2) is 81.5 Å². The van der Waals surface area contributed by atoms with Crippen molar-refractivity contribution in [2.75, 3.05) is 54.1 Å². The van der Waals surface area contributed by atoms with E-state index in [1.807, 2.05) is 45.4 Å². The molecule has 12 nitrogen and oxygen atoms in total. The molecule has 2 rings (SSSR count). The molecule has 2 atom stereocenters. The van der Waals surface area contributed by atoms with Crippen molar-refractivity contribution in [3.8, 4) is 5.75 Å². The quantitative estimate of drug-likeness (QED) is 0.0301. The molecule has 0 spiro atoms. The number of esters is 2. The number of phosphoric acid groups is 1. The highest BCUT2D eigenvalue weighted by molar-refractivity contribution is 7.47. The van der Waals surface area contributed by atoms with Crippen LogP contribution < -0.4 is 4.74 Å². The number of rotatable bonds is 37. The lowest BCUT2D eigenvalue weighted by atomic mass is 10.0. The Bertz CT molecular complexity index is 1240. The van der Waals surface area contributed by atoms with E-state index < -0.39 is 26.5 Å². The number of hydrogen-bond acceptors (Lipinski definition) is 10. The molecule has 1 N–H and O–H groups in total. The lowest BCUT2D eigenvalue weighted by molar-refractivity contribution is -0.870. The number of benzene rings is 1. The Morgan fingerprint density at radius 3 is 1.78 bits per heavy atom. The van der Waals surface area contributed by atoms with Crippen LogP contribution in [0.25, 0.3) is 0 Å². The maximum atomic E-state index is 12.7. The second-order valence-corrected chi connectivity index (χ2v) is 17.5. The topological polar surface area (TPSA) is 142 Å². The van der Waals surface area contributed by atoms with Gasteiger partial charge in [0.1, 0.15) is 25.5 Å². The average molecular weight is 797 g/mol. The van der Waals surface area contributed by atoms with Crippen molar-refractivity contribution in [1.29, 1.82) is 0 Å². The molecule has 316 valence electrons. The SMILES string of the molecule is CCCCCCCCCCCCCCCC(=O)OCC(COP(=O)(O)OCC[N+](C)(C)C)OC(=O)CCCCCCCCCCOc1cccc(C2N=N2)c1. The van der Waals surface area contributed by atoms with Crippen molar-refractivity contribution in [2.45, 2.75) is 167 Å². The molecule has 0 saturated heterocycles. The second kappa shape index (κ2) is 29.8. The molecular weight excluding hydrogens is 721 g/mol. The minimum absolute atomic E-state index is 0.0114. The zero-order valence-electron chi connectivity index (χ0n) is 34.8. The standard InChI is InChI=1S/C42H74N3O9P/c1-5-6-7-8-9-10-11-12-13-14-17-20-23-29-40(46)51-35-39(36-53-55(48,49)52-33-31-45(2,3)4)54-41(47)30-24-21-18-15-16-19-22-25-32-50-38-28-26-27-37(34-38)42-43-44-42/h26-28,34,39,42H,5-25,29-33,35-36H2,1-4H3/p+1. The molecule has 13 heteroatoms. The van der Waals surface area contributed by atoms with E-state index in [4.69, 9.17) is 23.3 Å². The third kappa shape index (κ3) is 28.6. The second-order valence-electron chi connectivity index (χ2n) is 16.0. The third-order valence-corrected chi connectivity index (χ3v) is 10.6. The number of carbonyl (C=O) groups excluding carboxylic acids is 2. The zero-order chi connectivity index (χ0) is 40.0. The Hall–Kier alpha value is -2.37. The molecule has 0 aromatic heterocycles. The Morgan fingerprint density at radius 2 is 1.24 bits per heavy atom. The summed E-state index contributed by atoms with van der Waals surface area (Å²) in [6.07, 6.45) is 23.4. The fourth-order valence-electron chi connectivity index (χ4n) is 6.10. The Labute approximate surface area is 332 Å². The Morgan fingerprint density at radius 1 is 0.709 bits per heavy atom. The molecule has 0 amide bonds. The van der Waals surface area contributed by atoms with E-state index in [1.54, 1.807) is 0 Å². The molecule has 2 unspecified atom stereocenters. The maximum absolute atomic E-state index is 12.7. The first-order valence-electron chi connectivity index (χ1n) is 21.4. The molecule has 0 bridgehead atoms. The number of unbranched alkanes of at least 4 members (excludes halogenated alkanes) is 19. The smallest absolute Gasteiger partial charge is 0.472 e. The summed E-state index contributed by atoms with van der Waals surface area (Å²) < 4.78 is 40.2. The lowest BCUT2D eigenvalue weighted by Gasteiger charge is -2.24. The monoisotopic (exact) mass is 797 g/mol. The number of ether oxygens (including phenoxy) is 3. The van der Waals surface area contributed by atoms with Crippen LogP contribution in [0, 0.1) is 0 Å². The van der Waals surface area contributed by atoms with Crippen molar-refractivity contribution in [3.63, 3.8) is 0 Å². The number of likely N-dealkylation sites (N-methyl/N-ethyl adjacent to an activating group) is 1. The van der Waals surface area contributed by atoms with Crippen LogP contribution in [0.4, 0.5) is 0 Å². The van der Waals surface area contributed by atoms with E-state index in [0.29, 0.717) is 24.1 Å². The first-order valence-corrected chi connectivity index (χ1v) is 22.9. The molecule has 1 heterocycles. The van der Waals surface area contributed by atoms with E-state index in [2.05, 4.69) is 17.2 Å². The third-order valence-electron chi connectivity index (χ3n) is 9.58. The molecule has 55 heavy (non-hydrogen) atoms. The van der Waals surface area contributed by atoms with Crippen molar-refractivity contribution >= 4 is 19.8 Å². The molecule has 0 fully saturated rings. The first-order chi connectivity index (χ1) is 26.5. The van der Waals surface area contributed by atoms with Gasteiger partial charge >= 0.3 is 19.8 Å². The van der Waals surface area contributed by atoms with Crippen molar-refractivity contribution in [2.24, 2.45) is 10.2 Å². The van der Waals surface area contributed by atoms with E-state index in [9.17, 15) is 19.0 Å². The van der Waals surface area contributed by atoms with Crippen molar-refractivity contribution < 1.29 is 46.8 Å². The van der Waals surface area contributed by atoms with Crippen LogP contribution in [0.15, 0.2) is 34.5 Å². The number of carbonyl (C=O) groups is 2. The Balaban J connectivity index is 1.58. The van der Waals surface area contributed by atoms with Gasteiger partial charge < -0.3 is 23.6 Å². The summed E-state index contributed by atoms with van der Waals surface area (Å²) in [5, 5.41) is 7.92. The summed E-state index contributed by atoms with van der Waals surface area (Å²) in [7, 11) is 1.44. The van der Waals surface area contributed by atoms with Gasteiger partial charge in [0.15, 0.2) is 6.10 Å². The number of nitrogens with zero attached hydrogens (tertiary/aromatic N) is 3. The highest BCUT2D eigenvalue weighted by atomic mass is 31.2. The molecule has 1 aliphatic rings. The number of phosphoric ester groups is 1. The maximum Gasteiger partial charge on any atom is 0.472 e. The normalized spacial score (nSPS) is 14.4. The fraction of sp³-hybridized carbons (Fsp3) is 0.810. The van der Waals surface area contributed by atoms with E-state index in [0.717, 1.165) is 75.5 Å². The zero-order valence-corrected chi connectivity index (χ0v) is 35.7. The van der Waals surface area contributed by atoms with Gasteiger partial charge in [-0.05, 0) is 31.4 Å². The molecule has 1 aliphatic heterocycles.